The van der Waals surface area contributed by atoms with Crippen LogP contribution in [0.15, 0.2) is 47.1 Å². The molecule has 1 aromatic heterocycles. The van der Waals surface area contributed by atoms with Crippen molar-refractivity contribution in [1.82, 2.24) is 15.5 Å². The molecule has 1 fully saturated rings. The highest BCUT2D eigenvalue weighted by Gasteiger charge is 2.38. The zero-order chi connectivity index (χ0) is 19.2. The molecule has 2 aromatic rings. The molecule has 0 spiro atoms. The Balaban J connectivity index is 1.49. The third-order valence-electron chi connectivity index (χ3n) is 4.27. The van der Waals surface area contributed by atoms with Gasteiger partial charge in [-0.15, -0.1) is 0 Å². The zero-order valence-corrected chi connectivity index (χ0v) is 14.9. The van der Waals surface area contributed by atoms with Crippen molar-refractivity contribution in [2.45, 2.75) is 25.4 Å². The van der Waals surface area contributed by atoms with Crippen LogP contribution in [0.1, 0.15) is 17.7 Å². The van der Waals surface area contributed by atoms with Gasteiger partial charge >= 0.3 is 6.03 Å². The summed E-state index contributed by atoms with van der Waals surface area (Å²) in [6, 6.07) is 9.35. The van der Waals surface area contributed by atoms with Crippen molar-refractivity contribution in [1.29, 1.82) is 0 Å². The van der Waals surface area contributed by atoms with E-state index < -0.39 is 18.0 Å². The fraction of sp³-hybridized carbons (Fsp3) is 0.316. The average Bonchev–Trinajstić information content (AvgIpc) is 3.26. The van der Waals surface area contributed by atoms with Crippen LogP contribution in [0, 0.1) is 0 Å². The lowest BCUT2D eigenvalue weighted by Crippen LogP contribution is -2.37. The molecule has 1 aromatic carbocycles. The molecule has 8 heteroatoms. The number of methoxy groups -OCH3 is 1. The maximum atomic E-state index is 12.5. The molecule has 0 bridgehead atoms. The van der Waals surface area contributed by atoms with Crippen LogP contribution in [0.4, 0.5) is 4.79 Å². The van der Waals surface area contributed by atoms with Gasteiger partial charge in [-0.3, -0.25) is 14.5 Å². The Kier molecular flexibility index (Phi) is 5.75. The Bertz CT molecular complexity index is 801. The van der Waals surface area contributed by atoms with E-state index in [2.05, 4.69) is 10.6 Å². The van der Waals surface area contributed by atoms with Crippen molar-refractivity contribution in [3.8, 4) is 5.75 Å². The molecule has 1 atom stereocenters. The number of furan rings is 1. The van der Waals surface area contributed by atoms with Crippen molar-refractivity contribution in [2.75, 3.05) is 13.7 Å². The van der Waals surface area contributed by atoms with E-state index in [-0.39, 0.29) is 18.9 Å². The number of benzene rings is 1. The molecule has 2 N–H and O–H groups in total. The number of rotatable bonds is 8. The molecular weight excluding hydrogens is 350 g/mol. The normalized spacial score (nSPS) is 16.3. The molecule has 8 nitrogen and oxygen atoms in total. The van der Waals surface area contributed by atoms with Gasteiger partial charge in [0, 0.05) is 13.0 Å². The predicted octanol–water partition coefficient (Wildman–Crippen LogP) is 1.46. The number of urea groups is 1. The van der Waals surface area contributed by atoms with Crippen LogP contribution in [0.25, 0.3) is 0 Å². The largest absolute Gasteiger partial charge is 0.497 e. The first-order valence-electron chi connectivity index (χ1n) is 8.60. The third-order valence-corrected chi connectivity index (χ3v) is 4.27. The lowest BCUT2D eigenvalue weighted by molar-refractivity contribution is -0.131. The number of carbonyl (C=O) groups is 3. The van der Waals surface area contributed by atoms with E-state index in [4.69, 9.17) is 9.15 Å². The second-order valence-electron chi connectivity index (χ2n) is 6.16. The first-order valence-corrected chi connectivity index (χ1v) is 8.60. The molecule has 142 valence electrons. The SMILES string of the molecule is COc1ccc(CN2C(=O)N[C@@H](CC(=O)NCCc3ccco3)C2=O)cc1. The minimum Gasteiger partial charge on any atom is -0.497 e. The number of hydrogen-bond acceptors (Lipinski definition) is 5. The summed E-state index contributed by atoms with van der Waals surface area (Å²) in [6.45, 7) is 0.544. The smallest absolute Gasteiger partial charge is 0.325 e. The van der Waals surface area contributed by atoms with Gasteiger partial charge in [-0.25, -0.2) is 4.79 Å². The van der Waals surface area contributed by atoms with E-state index in [1.165, 1.54) is 0 Å². The second kappa shape index (κ2) is 8.39. The number of nitrogens with one attached hydrogen (secondary N) is 2. The highest BCUT2D eigenvalue weighted by atomic mass is 16.5. The quantitative estimate of drug-likeness (QED) is 0.684. The first-order chi connectivity index (χ1) is 13.1. The number of carbonyl (C=O) groups excluding carboxylic acids is 3. The summed E-state index contributed by atoms with van der Waals surface area (Å²) in [4.78, 5) is 37.7. The predicted molar refractivity (Wildman–Crippen MR) is 95.9 cm³/mol. The number of nitrogens with zero attached hydrogens (tertiary/aromatic N) is 1. The topological polar surface area (TPSA) is 101 Å². The fourth-order valence-electron chi connectivity index (χ4n) is 2.82. The summed E-state index contributed by atoms with van der Waals surface area (Å²) in [5.74, 6) is 0.759. The average molecular weight is 371 g/mol. The van der Waals surface area contributed by atoms with E-state index in [1.807, 2.05) is 6.07 Å². The summed E-state index contributed by atoms with van der Waals surface area (Å²) in [7, 11) is 1.57. The van der Waals surface area contributed by atoms with Gasteiger partial charge in [0.1, 0.15) is 17.6 Å². The van der Waals surface area contributed by atoms with Gasteiger partial charge in [0.05, 0.1) is 26.3 Å². The van der Waals surface area contributed by atoms with E-state index in [1.54, 1.807) is 43.7 Å². The van der Waals surface area contributed by atoms with Gasteiger partial charge in [-0.05, 0) is 29.8 Å². The van der Waals surface area contributed by atoms with E-state index in [9.17, 15) is 14.4 Å². The van der Waals surface area contributed by atoms with Crippen molar-refractivity contribution < 1.29 is 23.5 Å². The molecule has 4 amide bonds. The summed E-state index contributed by atoms with van der Waals surface area (Å²) in [5.41, 5.74) is 0.794. The maximum absolute atomic E-state index is 12.5. The molecule has 1 saturated heterocycles. The van der Waals surface area contributed by atoms with Gasteiger partial charge in [0.2, 0.25) is 5.91 Å². The van der Waals surface area contributed by atoms with Crippen molar-refractivity contribution >= 4 is 17.8 Å². The number of ether oxygens (including phenoxy) is 1. The molecule has 0 radical (unpaired) electrons. The van der Waals surface area contributed by atoms with Crippen LogP contribution in [-0.2, 0) is 22.6 Å². The Morgan fingerprint density at radius 1 is 1.26 bits per heavy atom. The number of imide groups is 1. The highest BCUT2D eigenvalue weighted by molar-refractivity contribution is 6.05. The number of hydrogen-bond donors (Lipinski definition) is 2. The molecule has 0 unspecified atom stereocenters. The second-order valence-corrected chi connectivity index (χ2v) is 6.16. The standard InChI is InChI=1S/C19H21N3O5/c1-26-14-6-4-13(5-7-14)12-22-18(24)16(21-19(22)25)11-17(23)20-9-8-15-3-2-10-27-15/h2-7,10,16H,8-9,11-12H2,1H3,(H,20,23)(H,21,25)/t16-/m0/s1. The van der Waals surface area contributed by atoms with Crippen LogP contribution in [0.5, 0.6) is 5.75 Å². The summed E-state index contributed by atoms with van der Waals surface area (Å²) in [5, 5.41) is 5.29. The molecule has 1 aliphatic rings. The zero-order valence-electron chi connectivity index (χ0n) is 14.9. The monoisotopic (exact) mass is 371 g/mol. The van der Waals surface area contributed by atoms with Crippen LogP contribution in [0.2, 0.25) is 0 Å². The van der Waals surface area contributed by atoms with E-state index in [0.29, 0.717) is 18.7 Å². The Hall–Kier alpha value is -3.29. The maximum Gasteiger partial charge on any atom is 0.325 e. The van der Waals surface area contributed by atoms with Gasteiger partial charge in [-0.1, -0.05) is 12.1 Å². The molecule has 1 aliphatic heterocycles. The minimum atomic E-state index is -0.848. The summed E-state index contributed by atoms with van der Waals surface area (Å²) >= 11 is 0. The number of amides is 4. The van der Waals surface area contributed by atoms with Gasteiger partial charge in [0.25, 0.3) is 5.91 Å². The fourth-order valence-corrected chi connectivity index (χ4v) is 2.82. The Morgan fingerprint density at radius 2 is 2.04 bits per heavy atom. The lowest BCUT2D eigenvalue weighted by Gasteiger charge is -2.13. The van der Waals surface area contributed by atoms with Crippen LogP contribution in [-0.4, -0.2) is 42.4 Å². The van der Waals surface area contributed by atoms with Crippen LogP contribution >= 0.6 is 0 Å². The van der Waals surface area contributed by atoms with Crippen molar-refractivity contribution in [3.63, 3.8) is 0 Å². The van der Waals surface area contributed by atoms with E-state index in [0.717, 1.165) is 16.2 Å². The molecule has 27 heavy (non-hydrogen) atoms. The molecule has 0 aliphatic carbocycles. The Labute approximate surface area is 156 Å². The van der Waals surface area contributed by atoms with Gasteiger partial charge in [-0.2, -0.15) is 0 Å². The van der Waals surface area contributed by atoms with Crippen LogP contribution in [0.3, 0.4) is 0 Å². The van der Waals surface area contributed by atoms with Crippen molar-refractivity contribution in [3.05, 3.63) is 54.0 Å². The minimum absolute atomic E-state index is 0.0954. The van der Waals surface area contributed by atoms with Gasteiger partial charge < -0.3 is 19.8 Å². The first kappa shape index (κ1) is 18.5. The molecular formula is C19H21N3O5. The van der Waals surface area contributed by atoms with E-state index >= 15 is 0 Å². The molecule has 3 rings (SSSR count). The summed E-state index contributed by atoms with van der Waals surface area (Å²) in [6.07, 6.45) is 2.04. The molecule has 0 saturated carbocycles. The lowest BCUT2D eigenvalue weighted by atomic mass is 10.1. The van der Waals surface area contributed by atoms with Gasteiger partial charge in [0.15, 0.2) is 0 Å². The summed E-state index contributed by atoms with van der Waals surface area (Å²) < 4.78 is 10.3. The Morgan fingerprint density at radius 3 is 2.70 bits per heavy atom. The molecule has 2 heterocycles. The third kappa shape index (κ3) is 4.66. The van der Waals surface area contributed by atoms with Crippen molar-refractivity contribution in [2.24, 2.45) is 0 Å². The van der Waals surface area contributed by atoms with Crippen LogP contribution < -0.4 is 15.4 Å². The highest BCUT2D eigenvalue weighted by Crippen LogP contribution is 2.17.